The fourth-order valence-corrected chi connectivity index (χ4v) is 5.19. The Kier molecular flexibility index (Phi) is 7.12. The van der Waals surface area contributed by atoms with Gasteiger partial charge in [0.05, 0.1) is 6.61 Å². The van der Waals surface area contributed by atoms with Crippen LogP contribution in [0.1, 0.15) is 24.0 Å². The van der Waals surface area contributed by atoms with Crippen molar-refractivity contribution in [2.75, 3.05) is 26.8 Å². The summed E-state index contributed by atoms with van der Waals surface area (Å²) in [6.07, 6.45) is 5.07. The minimum absolute atomic E-state index is 0.177. The molecule has 0 bridgehead atoms. The van der Waals surface area contributed by atoms with Crippen molar-refractivity contribution in [3.05, 3.63) is 65.7 Å². The Labute approximate surface area is 166 Å². The largest absolute Gasteiger partial charge is 0.384 e. The highest BCUT2D eigenvalue weighted by Crippen LogP contribution is 2.24. The highest BCUT2D eigenvalue weighted by atomic mass is 32.2. The van der Waals surface area contributed by atoms with Crippen LogP contribution in [0.3, 0.4) is 0 Å². The molecule has 1 aliphatic heterocycles. The lowest BCUT2D eigenvalue weighted by atomic mass is 10.0. The van der Waals surface area contributed by atoms with Crippen molar-refractivity contribution in [1.29, 1.82) is 0 Å². The predicted octanol–water partition coefficient (Wildman–Crippen LogP) is 2.83. The van der Waals surface area contributed by atoms with E-state index in [4.69, 9.17) is 4.74 Å². The highest BCUT2D eigenvalue weighted by molar-refractivity contribution is 7.86. The van der Waals surface area contributed by atoms with Gasteiger partial charge in [-0.2, -0.15) is 17.0 Å². The van der Waals surface area contributed by atoms with Gasteiger partial charge in [0.15, 0.2) is 0 Å². The van der Waals surface area contributed by atoms with Gasteiger partial charge in [0, 0.05) is 45.7 Å². The van der Waals surface area contributed by atoms with Crippen LogP contribution in [-0.2, 0) is 28.0 Å². The van der Waals surface area contributed by atoms with Crippen LogP contribution in [-0.4, -0.2) is 48.8 Å². The van der Waals surface area contributed by atoms with Crippen molar-refractivity contribution in [3.63, 3.8) is 0 Å². The Balaban J connectivity index is 1.84. The van der Waals surface area contributed by atoms with E-state index in [2.05, 4.69) is 4.98 Å². The number of nitrogens with zero attached hydrogens (tertiary/aromatic N) is 3. The van der Waals surface area contributed by atoms with E-state index < -0.39 is 10.2 Å². The maximum atomic E-state index is 13.4. The molecule has 0 saturated carbocycles. The number of hydrogen-bond acceptors (Lipinski definition) is 4. The second-order valence-electron chi connectivity index (χ2n) is 7.08. The third kappa shape index (κ3) is 5.35. The second kappa shape index (κ2) is 9.56. The van der Waals surface area contributed by atoms with Crippen molar-refractivity contribution >= 4 is 10.2 Å². The Morgan fingerprint density at radius 3 is 2.43 bits per heavy atom. The lowest BCUT2D eigenvalue weighted by Crippen LogP contribution is -2.48. The molecule has 0 spiro atoms. The summed E-state index contributed by atoms with van der Waals surface area (Å²) in [5.74, 6) is -0.146. The molecular formula is C20H26FN3O3S. The van der Waals surface area contributed by atoms with E-state index in [0.717, 1.165) is 24.0 Å². The van der Waals surface area contributed by atoms with Crippen LogP contribution in [0, 0.1) is 11.7 Å². The third-order valence-electron chi connectivity index (χ3n) is 4.92. The smallest absolute Gasteiger partial charge is 0.282 e. The van der Waals surface area contributed by atoms with Gasteiger partial charge in [0.25, 0.3) is 10.2 Å². The summed E-state index contributed by atoms with van der Waals surface area (Å²) >= 11 is 0. The van der Waals surface area contributed by atoms with E-state index in [1.807, 2.05) is 0 Å². The van der Waals surface area contributed by atoms with Gasteiger partial charge in [-0.1, -0.05) is 12.1 Å². The minimum Gasteiger partial charge on any atom is -0.384 e. The maximum absolute atomic E-state index is 13.4. The molecule has 152 valence electrons. The van der Waals surface area contributed by atoms with Crippen LogP contribution in [0.25, 0.3) is 0 Å². The Bertz CT molecular complexity index is 845. The van der Waals surface area contributed by atoms with E-state index in [-0.39, 0.29) is 24.8 Å². The molecule has 0 N–H and O–H groups in total. The molecule has 0 amide bonds. The average Bonchev–Trinajstić information content (AvgIpc) is 2.70. The Morgan fingerprint density at radius 1 is 1.14 bits per heavy atom. The van der Waals surface area contributed by atoms with Crippen molar-refractivity contribution in [2.24, 2.45) is 5.92 Å². The summed E-state index contributed by atoms with van der Waals surface area (Å²) in [6, 6.07) is 9.54. The standard InChI is InChI=1S/C20H26FN3O3S/c1-27-16-19-3-2-12-23(15-19)28(25,26)24(14-18-8-10-22-11-9-18)13-17-4-6-20(21)7-5-17/h4-11,19H,2-3,12-16H2,1H3. The number of methoxy groups -OCH3 is 1. The lowest BCUT2D eigenvalue weighted by Gasteiger charge is -2.35. The molecule has 1 fully saturated rings. The number of piperidine rings is 1. The average molecular weight is 408 g/mol. The monoisotopic (exact) mass is 407 g/mol. The summed E-state index contributed by atoms with van der Waals surface area (Å²) in [7, 11) is -2.05. The molecule has 1 aromatic heterocycles. The van der Waals surface area contributed by atoms with Crippen molar-refractivity contribution in [1.82, 2.24) is 13.6 Å². The van der Waals surface area contributed by atoms with E-state index in [9.17, 15) is 12.8 Å². The Hall–Kier alpha value is -1.87. The zero-order valence-electron chi connectivity index (χ0n) is 16.0. The molecule has 28 heavy (non-hydrogen) atoms. The Morgan fingerprint density at radius 2 is 1.79 bits per heavy atom. The molecule has 2 heterocycles. The summed E-state index contributed by atoms with van der Waals surface area (Å²) < 4.78 is 48.3. The minimum atomic E-state index is -3.68. The van der Waals surface area contributed by atoms with Gasteiger partial charge in [-0.3, -0.25) is 4.98 Å². The topological polar surface area (TPSA) is 62.7 Å². The molecule has 8 heteroatoms. The molecule has 1 unspecified atom stereocenters. The van der Waals surface area contributed by atoms with E-state index >= 15 is 0 Å². The summed E-state index contributed by atoms with van der Waals surface area (Å²) in [4.78, 5) is 3.99. The van der Waals surface area contributed by atoms with Crippen molar-refractivity contribution < 1.29 is 17.5 Å². The molecule has 0 aliphatic carbocycles. The van der Waals surface area contributed by atoms with E-state index in [1.54, 1.807) is 48.1 Å². The molecule has 3 rings (SSSR count). The fraction of sp³-hybridized carbons (Fsp3) is 0.450. The van der Waals surface area contributed by atoms with Gasteiger partial charge >= 0.3 is 0 Å². The normalized spacial score (nSPS) is 18.5. The molecular weight excluding hydrogens is 381 g/mol. The van der Waals surface area contributed by atoms with Crippen LogP contribution in [0.2, 0.25) is 0 Å². The maximum Gasteiger partial charge on any atom is 0.282 e. The third-order valence-corrected chi connectivity index (χ3v) is 6.81. The fourth-order valence-electron chi connectivity index (χ4n) is 3.48. The van der Waals surface area contributed by atoms with Crippen LogP contribution in [0.4, 0.5) is 4.39 Å². The van der Waals surface area contributed by atoms with Crippen molar-refractivity contribution in [3.8, 4) is 0 Å². The van der Waals surface area contributed by atoms with Crippen molar-refractivity contribution in [2.45, 2.75) is 25.9 Å². The van der Waals surface area contributed by atoms with Gasteiger partial charge in [-0.15, -0.1) is 0 Å². The highest BCUT2D eigenvalue weighted by Gasteiger charge is 2.33. The zero-order chi connectivity index (χ0) is 20.0. The lowest BCUT2D eigenvalue weighted by molar-refractivity contribution is 0.116. The van der Waals surface area contributed by atoms with Crippen LogP contribution < -0.4 is 0 Å². The number of pyridine rings is 1. The number of rotatable bonds is 8. The first kappa shape index (κ1) is 20.9. The first-order chi connectivity index (χ1) is 13.5. The van der Waals surface area contributed by atoms with E-state index in [1.165, 1.54) is 16.4 Å². The van der Waals surface area contributed by atoms with Gasteiger partial charge in [0.1, 0.15) is 5.82 Å². The van der Waals surface area contributed by atoms with Gasteiger partial charge < -0.3 is 4.74 Å². The first-order valence-corrected chi connectivity index (χ1v) is 10.8. The number of hydrogen-bond donors (Lipinski definition) is 0. The molecule has 0 radical (unpaired) electrons. The summed E-state index contributed by atoms with van der Waals surface area (Å²) in [5, 5.41) is 0. The number of ether oxygens (including phenoxy) is 1. The van der Waals surface area contributed by atoms with Crippen LogP contribution in [0.15, 0.2) is 48.8 Å². The van der Waals surface area contributed by atoms with Crippen LogP contribution in [0.5, 0.6) is 0 Å². The summed E-state index contributed by atoms with van der Waals surface area (Å²) in [6.45, 7) is 1.91. The molecule has 1 atom stereocenters. The number of benzene rings is 1. The molecule has 1 aliphatic rings. The molecule has 1 aromatic carbocycles. The molecule has 2 aromatic rings. The number of halogens is 1. The van der Waals surface area contributed by atoms with Gasteiger partial charge in [0.2, 0.25) is 0 Å². The quantitative estimate of drug-likeness (QED) is 0.675. The molecule has 6 nitrogen and oxygen atoms in total. The predicted molar refractivity (Wildman–Crippen MR) is 105 cm³/mol. The first-order valence-electron chi connectivity index (χ1n) is 9.36. The van der Waals surface area contributed by atoms with Gasteiger partial charge in [-0.05, 0) is 54.2 Å². The number of aromatic nitrogens is 1. The zero-order valence-corrected chi connectivity index (χ0v) is 16.8. The summed E-state index contributed by atoms with van der Waals surface area (Å²) in [5.41, 5.74) is 1.59. The molecule has 1 saturated heterocycles. The van der Waals surface area contributed by atoms with Gasteiger partial charge in [-0.25, -0.2) is 4.39 Å². The SMILES string of the molecule is COCC1CCCN(S(=O)(=O)N(Cc2ccncc2)Cc2ccc(F)cc2)C1. The van der Waals surface area contributed by atoms with E-state index in [0.29, 0.717) is 19.7 Å². The second-order valence-corrected chi connectivity index (χ2v) is 9.01. The van der Waals surface area contributed by atoms with Crippen LogP contribution >= 0.6 is 0 Å².